The molecule has 0 unspecified atom stereocenters. The molecule has 2 aromatic rings. The molecule has 0 bridgehead atoms. The summed E-state index contributed by atoms with van der Waals surface area (Å²) in [7, 11) is 0. The van der Waals surface area contributed by atoms with Gasteiger partial charge in [0.2, 0.25) is 0 Å². The van der Waals surface area contributed by atoms with Crippen molar-refractivity contribution in [3.05, 3.63) is 75.3 Å². The second-order valence-electron chi connectivity index (χ2n) is 6.72. The van der Waals surface area contributed by atoms with E-state index in [-0.39, 0.29) is 10.6 Å². The van der Waals surface area contributed by atoms with Gasteiger partial charge in [-0.25, -0.2) is 0 Å². The minimum atomic E-state index is -0.331. The lowest BCUT2D eigenvalue weighted by Crippen LogP contribution is -2.46. The summed E-state index contributed by atoms with van der Waals surface area (Å²) < 4.78 is 0. The summed E-state index contributed by atoms with van der Waals surface area (Å²) in [5, 5.41) is 11.1. The van der Waals surface area contributed by atoms with Gasteiger partial charge in [0.05, 0.1) is 10.5 Å². The number of nitro groups is 1. The molecule has 136 valence electrons. The molecule has 0 aliphatic carbocycles. The fourth-order valence-corrected chi connectivity index (χ4v) is 3.37. The maximum absolute atomic E-state index is 11.1. The van der Waals surface area contributed by atoms with Gasteiger partial charge in [-0.3, -0.25) is 15.0 Å². The van der Waals surface area contributed by atoms with Crippen molar-refractivity contribution in [1.82, 2.24) is 4.90 Å². The zero-order valence-electron chi connectivity index (χ0n) is 15.4. The Morgan fingerprint density at radius 1 is 1.04 bits per heavy atom. The first-order chi connectivity index (χ1) is 12.6. The molecule has 3 rings (SSSR count). The average molecular weight is 351 g/mol. The molecule has 1 aliphatic rings. The van der Waals surface area contributed by atoms with E-state index in [9.17, 15) is 10.1 Å². The van der Waals surface area contributed by atoms with Gasteiger partial charge in [-0.05, 0) is 37.1 Å². The SMILES string of the molecule is Cc1cccc(N2CCN(C/C=C/c3ccccc3[N+](=O)[O-])CC2)c1C. The minimum Gasteiger partial charge on any atom is -0.369 e. The highest BCUT2D eigenvalue weighted by molar-refractivity contribution is 5.60. The van der Waals surface area contributed by atoms with Crippen molar-refractivity contribution < 1.29 is 4.92 Å². The van der Waals surface area contributed by atoms with Gasteiger partial charge in [0, 0.05) is 44.5 Å². The van der Waals surface area contributed by atoms with Crippen molar-refractivity contribution in [2.75, 3.05) is 37.6 Å². The van der Waals surface area contributed by atoms with Crippen LogP contribution in [0.3, 0.4) is 0 Å². The Kier molecular flexibility index (Phi) is 5.68. The number of rotatable bonds is 5. The lowest BCUT2D eigenvalue weighted by atomic mass is 10.1. The summed E-state index contributed by atoms with van der Waals surface area (Å²) >= 11 is 0. The Morgan fingerprint density at radius 2 is 1.77 bits per heavy atom. The van der Waals surface area contributed by atoms with Gasteiger partial charge >= 0.3 is 0 Å². The average Bonchev–Trinajstić information content (AvgIpc) is 2.65. The van der Waals surface area contributed by atoms with Crippen LogP contribution in [-0.2, 0) is 0 Å². The first-order valence-corrected chi connectivity index (χ1v) is 9.00. The van der Waals surface area contributed by atoms with Crippen molar-refractivity contribution in [2.45, 2.75) is 13.8 Å². The van der Waals surface area contributed by atoms with Crippen LogP contribution in [0.1, 0.15) is 16.7 Å². The number of benzene rings is 2. The highest BCUT2D eigenvalue weighted by Crippen LogP contribution is 2.24. The largest absolute Gasteiger partial charge is 0.369 e. The van der Waals surface area contributed by atoms with Crippen LogP contribution < -0.4 is 4.90 Å². The first kappa shape index (κ1) is 18.1. The number of anilines is 1. The van der Waals surface area contributed by atoms with Gasteiger partial charge in [-0.1, -0.05) is 36.4 Å². The van der Waals surface area contributed by atoms with Crippen LogP contribution in [0.25, 0.3) is 6.08 Å². The Bertz CT molecular complexity index is 809. The molecule has 5 nitrogen and oxygen atoms in total. The number of nitro benzene ring substituents is 1. The van der Waals surface area contributed by atoms with Gasteiger partial charge in [0.1, 0.15) is 0 Å². The molecular formula is C21H25N3O2. The third-order valence-corrected chi connectivity index (χ3v) is 5.08. The number of hydrogen-bond acceptors (Lipinski definition) is 4. The van der Waals surface area contributed by atoms with Gasteiger partial charge in [-0.15, -0.1) is 0 Å². The summed E-state index contributed by atoms with van der Waals surface area (Å²) in [5.41, 5.74) is 4.84. The van der Waals surface area contributed by atoms with Crippen LogP contribution in [0.15, 0.2) is 48.5 Å². The molecule has 0 atom stereocenters. The lowest BCUT2D eigenvalue weighted by Gasteiger charge is -2.36. The summed E-state index contributed by atoms with van der Waals surface area (Å²) in [6.45, 7) is 9.15. The molecule has 1 heterocycles. The lowest BCUT2D eigenvalue weighted by molar-refractivity contribution is -0.385. The predicted octanol–water partition coefficient (Wildman–Crippen LogP) is 4.05. The minimum absolute atomic E-state index is 0.156. The molecular weight excluding hydrogens is 326 g/mol. The Labute approximate surface area is 154 Å². The quantitative estimate of drug-likeness (QED) is 0.602. The van der Waals surface area contributed by atoms with E-state index in [4.69, 9.17) is 0 Å². The highest BCUT2D eigenvalue weighted by atomic mass is 16.6. The van der Waals surface area contributed by atoms with E-state index >= 15 is 0 Å². The molecule has 2 aromatic carbocycles. The summed E-state index contributed by atoms with van der Waals surface area (Å²) in [4.78, 5) is 15.6. The zero-order valence-corrected chi connectivity index (χ0v) is 15.4. The molecule has 0 aromatic heterocycles. The van der Waals surface area contributed by atoms with Crippen molar-refractivity contribution in [1.29, 1.82) is 0 Å². The number of piperazine rings is 1. The Balaban J connectivity index is 1.56. The van der Waals surface area contributed by atoms with E-state index in [0.717, 1.165) is 32.7 Å². The van der Waals surface area contributed by atoms with Crippen LogP contribution >= 0.6 is 0 Å². The van der Waals surface area contributed by atoms with E-state index in [1.54, 1.807) is 18.2 Å². The van der Waals surface area contributed by atoms with Gasteiger partial charge in [0.15, 0.2) is 0 Å². The van der Waals surface area contributed by atoms with Crippen molar-refractivity contribution >= 4 is 17.5 Å². The number of nitrogens with zero attached hydrogens (tertiary/aromatic N) is 3. The third kappa shape index (κ3) is 4.11. The third-order valence-electron chi connectivity index (χ3n) is 5.08. The maximum Gasteiger partial charge on any atom is 0.276 e. The molecule has 1 saturated heterocycles. The standard InChI is InChI=1S/C21H25N3O2/c1-17-7-5-11-20(18(17)2)23-15-13-22(14-16-23)12-6-9-19-8-3-4-10-21(19)24(25)26/h3-11H,12-16H2,1-2H3/b9-6+. The fourth-order valence-electron chi connectivity index (χ4n) is 3.37. The van der Waals surface area contributed by atoms with Crippen LogP contribution in [0.2, 0.25) is 0 Å². The number of para-hydroxylation sites is 1. The first-order valence-electron chi connectivity index (χ1n) is 9.00. The van der Waals surface area contributed by atoms with Gasteiger partial charge in [0.25, 0.3) is 5.69 Å². The van der Waals surface area contributed by atoms with E-state index in [2.05, 4.69) is 41.8 Å². The van der Waals surface area contributed by atoms with Crippen LogP contribution in [-0.4, -0.2) is 42.5 Å². The van der Waals surface area contributed by atoms with Crippen molar-refractivity contribution in [2.24, 2.45) is 0 Å². The molecule has 0 N–H and O–H groups in total. The Hall–Kier alpha value is -2.66. The summed E-state index contributed by atoms with van der Waals surface area (Å²) in [5.74, 6) is 0. The molecule has 0 radical (unpaired) electrons. The van der Waals surface area contributed by atoms with Crippen LogP contribution in [0.4, 0.5) is 11.4 Å². The molecule has 0 saturated carbocycles. The number of hydrogen-bond donors (Lipinski definition) is 0. The second-order valence-corrected chi connectivity index (χ2v) is 6.72. The van der Waals surface area contributed by atoms with E-state index in [1.807, 2.05) is 18.2 Å². The second kappa shape index (κ2) is 8.15. The molecule has 0 spiro atoms. The monoisotopic (exact) mass is 351 g/mol. The maximum atomic E-state index is 11.1. The summed E-state index contributed by atoms with van der Waals surface area (Å²) in [6, 6.07) is 13.3. The van der Waals surface area contributed by atoms with E-state index in [1.165, 1.54) is 16.8 Å². The van der Waals surface area contributed by atoms with Crippen LogP contribution in [0.5, 0.6) is 0 Å². The molecule has 26 heavy (non-hydrogen) atoms. The highest BCUT2D eigenvalue weighted by Gasteiger charge is 2.18. The van der Waals surface area contributed by atoms with Crippen molar-refractivity contribution in [3.63, 3.8) is 0 Å². The van der Waals surface area contributed by atoms with Crippen LogP contribution in [0, 0.1) is 24.0 Å². The molecule has 5 heteroatoms. The fraction of sp³-hybridized carbons (Fsp3) is 0.333. The smallest absolute Gasteiger partial charge is 0.276 e. The van der Waals surface area contributed by atoms with Gasteiger partial charge in [-0.2, -0.15) is 0 Å². The van der Waals surface area contributed by atoms with E-state index in [0.29, 0.717) is 5.56 Å². The van der Waals surface area contributed by atoms with E-state index < -0.39 is 0 Å². The normalized spacial score (nSPS) is 15.5. The van der Waals surface area contributed by atoms with Gasteiger partial charge < -0.3 is 4.90 Å². The number of aryl methyl sites for hydroxylation is 1. The summed E-state index contributed by atoms with van der Waals surface area (Å²) in [6.07, 6.45) is 3.88. The molecule has 1 aliphatic heterocycles. The molecule has 1 fully saturated rings. The van der Waals surface area contributed by atoms with Crippen molar-refractivity contribution in [3.8, 4) is 0 Å². The zero-order chi connectivity index (χ0) is 18.5. The molecule has 0 amide bonds. The topological polar surface area (TPSA) is 49.6 Å². The predicted molar refractivity (Wildman–Crippen MR) is 107 cm³/mol. The Morgan fingerprint density at radius 3 is 2.50 bits per heavy atom.